The van der Waals surface area contributed by atoms with E-state index in [0.717, 1.165) is 0 Å². The lowest BCUT2D eigenvalue weighted by Crippen LogP contribution is -2.24. The number of H-pyrrole nitrogens is 1. The highest BCUT2D eigenvalue weighted by Crippen LogP contribution is 2.37. The van der Waals surface area contributed by atoms with Crippen molar-refractivity contribution in [2.75, 3.05) is 35.0 Å². The van der Waals surface area contributed by atoms with Crippen LogP contribution in [0.2, 0.25) is 0 Å². The van der Waals surface area contributed by atoms with Crippen LogP contribution in [0.5, 0.6) is 28.7 Å². The molecule has 1 amide bonds. The molecule has 1 heterocycles. The molecular weight excluding hydrogens is 492 g/mol. The molecule has 0 radical (unpaired) electrons. The van der Waals surface area contributed by atoms with Gasteiger partial charge in [0.05, 0.1) is 45.6 Å². The fourth-order valence-electron chi connectivity index (χ4n) is 3.69. The summed E-state index contributed by atoms with van der Waals surface area (Å²) < 4.78 is 27.0. The third kappa shape index (κ3) is 5.67. The van der Waals surface area contributed by atoms with Crippen LogP contribution in [0.25, 0.3) is 22.3 Å². The van der Waals surface area contributed by atoms with Crippen LogP contribution in [0.1, 0.15) is 5.56 Å². The zero-order chi connectivity index (χ0) is 27.1. The number of amides is 1. The first-order chi connectivity index (χ1) is 18.5. The summed E-state index contributed by atoms with van der Waals surface area (Å²) in [6.07, 6.45) is 1.44. The van der Waals surface area contributed by atoms with Gasteiger partial charge in [0.1, 0.15) is 5.82 Å². The number of aromatic amines is 1. The first kappa shape index (κ1) is 26.0. The summed E-state index contributed by atoms with van der Waals surface area (Å²) in [5.41, 5.74) is 3.99. The van der Waals surface area contributed by atoms with Gasteiger partial charge in [0.25, 0.3) is 11.5 Å². The molecule has 0 aliphatic heterocycles. The maximum absolute atomic E-state index is 12.4. The number of para-hydroxylation sites is 1. The Kier molecular flexibility index (Phi) is 8.07. The molecule has 0 saturated heterocycles. The predicted molar refractivity (Wildman–Crippen MR) is 142 cm³/mol. The highest BCUT2D eigenvalue weighted by molar-refractivity contribution is 5.85. The van der Waals surface area contributed by atoms with Crippen LogP contribution in [-0.2, 0) is 4.79 Å². The highest BCUT2D eigenvalue weighted by atomic mass is 16.5. The summed E-state index contributed by atoms with van der Waals surface area (Å²) in [7, 11) is 6.01. The first-order valence-corrected chi connectivity index (χ1v) is 11.4. The van der Waals surface area contributed by atoms with Crippen LogP contribution >= 0.6 is 0 Å². The average Bonchev–Trinajstić information content (AvgIpc) is 2.95. The van der Waals surface area contributed by atoms with Crippen molar-refractivity contribution in [1.82, 2.24) is 15.4 Å². The number of rotatable bonds is 10. The molecule has 4 aromatic rings. The molecule has 0 bridgehead atoms. The Morgan fingerprint density at radius 2 is 1.63 bits per heavy atom. The molecule has 3 aromatic carbocycles. The minimum atomic E-state index is -0.486. The third-order valence-corrected chi connectivity index (χ3v) is 5.50. The molecule has 0 unspecified atom stereocenters. The van der Waals surface area contributed by atoms with E-state index in [-0.39, 0.29) is 12.2 Å². The minimum absolute atomic E-state index is 0.242. The van der Waals surface area contributed by atoms with E-state index in [0.29, 0.717) is 56.6 Å². The number of aromatic nitrogens is 2. The number of benzene rings is 3. The van der Waals surface area contributed by atoms with E-state index in [9.17, 15) is 9.59 Å². The van der Waals surface area contributed by atoms with Crippen LogP contribution in [0, 0.1) is 0 Å². The molecule has 196 valence electrons. The SMILES string of the molecule is COc1cc(-c2nc3ccccc3c(=O)[nH]2)ccc1OCC(=O)N/N=C/c1cc(OC)c(OC)c(OC)c1. The fourth-order valence-corrected chi connectivity index (χ4v) is 3.69. The molecule has 38 heavy (non-hydrogen) atoms. The number of carbonyl (C=O) groups excluding carboxylic acids is 1. The molecule has 0 aliphatic carbocycles. The number of ether oxygens (including phenoxy) is 5. The van der Waals surface area contributed by atoms with Crippen LogP contribution in [0.3, 0.4) is 0 Å². The van der Waals surface area contributed by atoms with E-state index >= 15 is 0 Å². The molecule has 11 nitrogen and oxygen atoms in total. The number of hydrazone groups is 1. The largest absolute Gasteiger partial charge is 0.493 e. The Bertz CT molecular complexity index is 1520. The maximum Gasteiger partial charge on any atom is 0.277 e. The van der Waals surface area contributed by atoms with Crippen molar-refractivity contribution in [3.05, 3.63) is 70.5 Å². The summed E-state index contributed by atoms with van der Waals surface area (Å²) in [4.78, 5) is 32.0. The Hall–Kier alpha value is -5.06. The van der Waals surface area contributed by atoms with Crippen molar-refractivity contribution >= 4 is 23.0 Å². The Labute approximate surface area is 218 Å². The van der Waals surface area contributed by atoms with Gasteiger partial charge in [-0.2, -0.15) is 5.10 Å². The zero-order valence-corrected chi connectivity index (χ0v) is 21.2. The number of hydrogen-bond acceptors (Lipinski definition) is 9. The summed E-state index contributed by atoms with van der Waals surface area (Å²) >= 11 is 0. The number of nitrogens with zero attached hydrogens (tertiary/aromatic N) is 2. The number of fused-ring (bicyclic) bond motifs is 1. The van der Waals surface area contributed by atoms with Crippen LogP contribution in [0.4, 0.5) is 0 Å². The van der Waals surface area contributed by atoms with Crippen molar-refractivity contribution in [3.8, 4) is 40.1 Å². The second kappa shape index (κ2) is 11.8. The van der Waals surface area contributed by atoms with E-state index in [1.165, 1.54) is 34.7 Å². The Morgan fingerprint density at radius 1 is 0.921 bits per heavy atom. The number of nitrogens with one attached hydrogen (secondary N) is 2. The Balaban J connectivity index is 1.42. The lowest BCUT2D eigenvalue weighted by molar-refractivity contribution is -0.123. The first-order valence-electron chi connectivity index (χ1n) is 11.4. The summed E-state index contributed by atoms with van der Waals surface area (Å²) in [6, 6.07) is 15.5. The van der Waals surface area contributed by atoms with Gasteiger partial charge in [-0.05, 0) is 42.5 Å². The summed E-state index contributed by atoms with van der Waals surface area (Å²) in [5.74, 6) is 1.98. The molecule has 0 aliphatic rings. The van der Waals surface area contributed by atoms with Gasteiger partial charge < -0.3 is 28.7 Å². The van der Waals surface area contributed by atoms with Crippen molar-refractivity contribution in [3.63, 3.8) is 0 Å². The average molecular weight is 519 g/mol. The Morgan fingerprint density at radius 3 is 2.32 bits per heavy atom. The third-order valence-electron chi connectivity index (χ3n) is 5.50. The van der Waals surface area contributed by atoms with E-state index < -0.39 is 5.91 Å². The molecule has 11 heteroatoms. The normalized spacial score (nSPS) is 10.8. The quantitative estimate of drug-likeness (QED) is 0.242. The van der Waals surface area contributed by atoms with E-state index in [2.05, 4.69) is 20.5 Å². The summed E-state index contributed by atoms with van der Waals surface area (Å²) in [6.45, 7) is -0.312. The van der Waals surface area contributed by atoms with E-state index in [1.807, 2.05) is 6.07 Å². The van der Waals surface area contributed by atoms with Gasteiger partial charge in [-0.15, -0.1) is 0 Å². The molecule has 1 aromatic heterocycles. The van der Waals surface area contributed by atoms with Crippen molar-refractivity contribution in [1.29, 1.82) is 0 Å². The molecular formula is C27H26N4O7. The van der Waals surface area contributed by atoms with Crippen LogP contribution in [0.15, 0.2) is 64.5 Å². The number of methoxy groups -OCH3 is 4. The van der Waals surface area contributed by atoms with Gasteiger partial charge >= 0.3 is 0 Å². The number of carbonyl (C=O) groups is 1. The van der Waals surface area contributed by atoms with E-state index in [1.54, 1.807) is 48.5 Å². The van der Waals surface area contributed by atoms with Gasteiger partial charge in [0.2, 0.25) is 5.75 Å². The minimum Gasteiger partial charge on any atom is -0.493 e. The van der Waals surface area contributed by atoms with Crippen molar-refractivity contribution in [2.24, 2.45) is 5.10 Å². The van der Waals surface area contributed by atoms with Gasteiger partial charge in [-0.1, -0.05) is 12.1 Å². The molecule has 0 atom stereocenters. The molecule has 0 spiro atoms. The lowest BCUT2D eigenvalue weighted by Gasteiger charge is -2.12. The molecule has 0 saturated carbocycles. The van der Waals surface area contributed by atoms with Crippen molar-refractivity contribution in [2.45, 2.75) is 0 Å². The van der Waals surface area contributed by atoms with Gasteiger partial charge in [-0.3, -0.25) is 9.59 Å². The standard InChI is InChI=1S/C27H26N4O7/c1-34-21-13-17(26-29-19-8-6-5-7-18(19)27(33)30-26)9-10-20(21)38-15-24(32)31-28-14-16-11-22(35-2)25(37-4)23(12-16)36-3/h5-14H,15H2,1-4H3,(H,31,32)(H,29,30,33)/b28-14+. The maximum atomic E-state index is 12.4. The predicted octanol–water partition coefficient (Wildman–Crippen LogP) is 3.15. The summed E-state index contributed by atoms with van der Waals surface area (Å²) in [5, 5.41) is 4.46. The topological polar surface area (TPSA) is 133 Å². The van der Waals surface area contributed by atoms with Crippen LogP contribution < -0.4 is 34.7 Å². The number of hydrogen-bond donors (Lipinski definition) is 2. The van der Waals surface area contributed by atoms with Crippen molar-refractivity contribution < 1.29 is 28.5 Å². The fraction of sp³-hybridized carbons (Fsp3) is 0.185. The van der Waals surface area contributed by atoms with Gasteiger partial charge in [0, 0.05) is 11.1 Å². The molecule has 2 N–H and O–H groups in total. The molecule has 4 rings (SSSR count). The lowest BCUT2D eigenvalue weighted by atomic mass is 10.1. The highest BCUT2D eigenvalue weighted by Gasteiger charge is 2.14. The monoisotopic (exact) mass is 518 g/mol. The van der Waals surface area contributed by atoms with Crippen LogP contribution in [-0.4, -0.2) is 57.1 Å². The molecule has 0 fully saturated rings. The smallest absolute Gasteiger partial charge is 0.277 e. The van der Waals surface area contributed by atoms with Gasteiger partial charge in [0.15, 0.2) is 29.6 Å². The van der Waals surface area contributed by atoms with Gasteiger partial charge in [-0.25, -0.2) is 10.4 Å². The zero-order valence-electron chi connectivity index (χ0n) is 21.2. The second-order valence-corrected chi connectivity index (χ2v) is 7.84. The van der Waals surface area contributed by atoms with E-state index in [4.69, 9.17) is 23.7 Å². The second-order valence-electron chi connectivity index (χ2n) is 7.84.